The molecule has 4 rings (SSSR count). The smallest absolute Gasteiger partial charge is 0.410 e. The number of allylic oxidation sites excluding steroid dienone is 2. The maximum Gasteiger partial charge on any atom is 0.573 e. The molecule has 0 saturated heterocycles. The molecule has 2 amide bonds. The van der Waals surface area contributed by atoms with Crippen LogP contribution >= 0.6 is 0 Å². The minimum atomic E-state index is -5.03. The van der Waals surface area contributed by atoms with Crippen molar-refractivity contribution in [3.63, 3.8) is 0 Å². The number of amides is 2. The summed E-state index contributed by atoms with van der Waals surface area (Å²) in [6.45, 7) is 1.56. The van der Waals surface area contributed by atoms with Gasteiger partial charge in [-0.05, 0) is 48.3 Å². The zero-order valence-corrected chi connectivity index (χ0v) is 22.8. The van der Waals surface area contributed by atoms with E-state index in [4.69, 9.17) is 0 Å². The van der Waals surface area contributed by atoms with Gasteiger partial charge in [0, 0.05) is 19.9 Å². The number of alkyl halides is 6. The largest absolute Gasteiger partial charge is 0.573 e. The Balaban J connectivity index is 1.89. The van der Waals surface area contributed by atoms with E-state index in [1.807, 2.05) is 6.07 Å². The third-order valence-electron chi connectivity index (χ3n) is 6.58. The molecule has 1 heterocycles. The van der Waals surface area contributed by atoms with Crippen molar-refractivity contribution in [2.75, 3.05) is 5.32 Å². The van der Waals surface area contributed by atoms with E-state index in [-0.39, 0.29) is 41.8 Å². The number of anilines is 1. The maximum atomic E-state index is 13.6. The van der Waals surface area contributed by atoms with Crippen LogP contribution in [-0.2, 0) is 23.7 Å². The molecule has 1 aliphatic rings. The quantitative estimate of drug-likeness (QED) is 0.272. The second-order valence-corrected chi connectivity index (χ2v) is 9.62. The summed E-state index contributed by atoms with van der Waals surface area (Å²) < 4.78 is 88.6. The number of hydrogen-bond acceptors (Lipinski definition) is 5. The molecule has 14 heteroatoms. The monoisotopic (exact) mass is 605 g/mol. The zero-order chi connectivity index (χ0) is 31.4. The van der Waals surface area contributed by atoms with Gasteiger partial charge in [0.05, 0.1) is 11.2 Å². The third kappa shape index (κ3) is 7.68. The highest BCUT2D eigenvalue weighted by Crippen LogP contribution is 2.40. The first-order chi connectivity index (χ1) is 20.2. The standard InChI is InChI=1S/C29H25F6N5O3/c1-18-24(17-36)25(40(2)39-18)37-26(41)38-27(16-19-8-4-3-5-9-19,20-10-6-12-22(14-20)42-28(30,31)32)21-11-7-13-23(15-21)43-29(33,34)35/h3-6,8-12,14-15H,7,13,16H2,1-2H3,(H2,37,38,41). The normalized spacial score (nSPS) is 15.0. The summed E-state index contributed by atoms with van der Waals surface area (Å²) in [6.07, 6.45) is -7.46. The van der Waals surface area contributed by atoms with E-state index in [0.29, 0.717) is 11.3 Å². The molecule has 43 heavy (non-hydrogen) atoms. The number of aromatic nitrogens is 2. The predicted octanol–water partition coefficient (Wildman–Crippen LogP) is 6.90. The lowest BCUT2D eigenvalue weighted by molar-refractivity contribution is -0.306. The number of ether oxygens (including phenoxy) is 2. The Morgan fingerprint density at radius 3 is 2.40 bits per heavy atom. The Kier molecular flexibility index (Phi) is 8.75. The molecule has 1 atom stereocenters. The summed E-state index contributed by atoms with van der Waals surface area (Å²) >= 11 is 0. The second-order valence-electron chi connectivity index (χ2n) is 9.62. The Bertz CT molecular complexity index is 1590. The fourth-order valence-electron chi connectivity index (χ4n) is 4.89. The fourth-order valence-corrected chi connectivity index (χ4v) is 4.89. The van der Waals surface area contributed by atoms with Gasteiger partial charge in [-0.2, -0.15) is 10.4 Å². The minimum Gasteiger partial charge on any atom is -0.410 e. The van der Waals surface area contributed by atoms with E-state index in [1.54, 1.807) is 43.3 Å². The lowest BCUT2D eigenvalue weighted by Gasteiger charge is -2.38. The number of nitrogens with one attached hydrogen (secondary N) is 2. The lowest BCUT2D eigenvalue weighted by atomic mass is 9.75. The van der Waals surface area contributed by atoms with E-state index in [9.17, 15) is 36.4 Å². The molecule has 0 bridgehead atoms. The fraction of sp³-hybridized carbons (Fsp3) is 0.276. The number of nitrogens with zero attached hydrogens (tertiary/aromatic N) is 3. The highest BCUT2D eigenvalue weighted by molar-refractivity contribution is 5.91. The number of carbonyl (C=O) groups is 1. The molecule has 0 aliphatic heterocycles. The van der Waals surface area contributed by atoms with Crippen LogP contribution in [0.5, 0.6) is 5.75 Å². The average molecular weight is 606 g/mol. The molecule has 0 spiro atoms. The Morgan fingerprint density at radius 1 is 1.05 bits per heavy atom. The summed E-state index contributed by atoms with van der Waals surface area (Å²) in [5.41, 5.74) is -0.549. The van der Waals surface area contributed by atoms with Gasteiger partial charge in [-0.3, -0.25) is 10.00 Å². The maximum absolute atomic E-state index is 13.6. The summed E-state index contributed by atoms with van der Waals surface area (Å²) in [4.78, 5) is 13.6. The number of benzene rings is 2. The van der Waals surface area contributed by atoms with Crippen molar-refractivity contribution in [2.45, 2.75) is 44.4 Å². The number of rotatable bonds is 8. The van der Waals surface area contributed by atoms with Gasteiger partial charge in [0.1, 0.15) is 29.0 Å². The first-order valence-electron chi connectivity index (χ1n) is 12.8. The molecule has 1 unspecified atom stereocenters. The van der Waals surface area contributed by atoms with Crippen LogP contribution in [0.15, 0.2) is 78.1 Å². The van der Waals surface area contributed by atoms with E-state index >= 15 is 0 Å². The van der Waals surface area contributed by atoms with Crippen molar-refractivity contribution in [2.24, 2.45) is 7.05 Å². The topological polar surface area (TPSA) is 101 Å². The van der Waals surface area contributed by atoms with Crippen molar-refractivity contribution < 1.29 is 40.6 Å². The molecule has 1 aliphatic carbocycles. The highest BCUT2D eigenvalue weighted by atomic mass is 19.4. The molecular weight excluding hydrogens is 580 g/mol. The SMILES string of the molecule is Cc1nn(C)c(NC(=O)NC(Cc2ccccc2)(C2=CCCC(OC(F)(F)F)=C2)c2cccc(OC(F)(F)F)c2)c1C#N. The van der Waals surface area contributed by atoms with Gasteiger partial charge in [0.15, 0.2) is 0 Å². The van der Waals surface area contributed by atoms with Crippen LogP contribution < -0.4 is 15.4 Å². The number of aryl methyl sites for hydroxylation is 2. The summed E-state index contributed by atoms with van der Waals surface area (Å²) in [7, 11) is 1.49. The molecule has 1 aromatic heterocycles. The van der Waals surface area contributed by atoms with Crippen LogP contribution in [0.25, 0.3) is 0 Å². The van der Waals surface area contributed by atoms with Gasteiger partial charge >= 0.3 is 18.8 Å². The Morgan fingerprint density at radius 2 is 1.74 bits per heavy atom. The van der Waals surface area contributed by atoms with Crippen LogP contribution in [0.3, 0.4) is 0 Å². The van der Waals surface area contributed by atoms with Crippen molar-refractivity contribution in [3.8, 4) is 11.8 Å². The summed E-state index contributed by atoms with van der Waals surface area (Å²) in [5.74, 6) is -1.01. The molecular formula is C29H25F6N5O3. The van der Waals surface area contributed by atoms with Gasteiger partial charge in [0.2, 0.25) is 0 Å². The van der Waals surface area contributed by atoms with E-state index in [1.165, 1.54) is 23.9 Å². The van der Waals surface area contributed by atoms with E-state index in [0.717, 1.165) is 18.2 Å². The van der Waals surface area contributed by atoms with Crippen molar-refractivity contribution in [1.82, 2.24) is 15.1 Å². The number of hydrogen-bond donors (Lipinski definition) is 2. The Labute approximate surface area is 242 Å². The molecule has 0 fully saturated rings. The molecule has 0 radical (unpaired) electrons. The molecule has 2 N–H and O–H groups in total. The summed E-state index contributed by atoms with van der Waals surface area (Å²) in [5, 5.41) is 19.0. The molecule has 2 aromatic carbocycles. The van der Waals surface area contributed by atoms with Gasteiger partial charge in [-0.25, -0.2) is 4.79 Å². The molecule has 0 saturated carbocycles. The average Bonchev–Trinajstić information content (AvgIpc) is 3.18. The van der Waals surface area contributed by atoms with Gasteiger partial charge in [-0.15, -0.1) is 26.3 Å². The first-order valence-corrected chi connectivity index (χ1v) is 12.8. The minimum absolute atomic E-state index is 0.0366. The molecule has 8 nitrogen and oxygen atoms in total. The number of halogens is 6. The van der Waals surface area contributed by atoms with Crippen LogP contribution in [0.2, 0.25) is 0 Å². The van der Waals surface area contributed by atoms with Crippen LogP contribution in [0.4, 0.5) is 37.0 Å². The molecule has 226 valence electrons. The zero-order valence-electron chi connectivity index (χ0n) is 22.8. The highest BCUT2D eigenvalue weighted by Gasteiger charge is 2.41. The van der Waals surface area contributed by atoms with E-state index in [2.05, 4.69) is 25.2 Å². The third-order valence-corrected chi connectivity index (χ3v) is 6.58. The Hall–Kier alpha value is -4.93. The number of nitriles is 1. The van der Waals surface area contributed by atoms with Gasteiger partial charge in [-0.1, -0.05) is 48.5 Å². The predicted molar refractivity (Wildman–Crippen MR) is 142 cm³/mol. The van der Waals surface area contributed by atoms with Gasteiger partial charge in [0.25, 0.3) is 0 Å². The number of urea groups is 1. The summed E-state index contributed by atoms with van der Waals surface area (Å²) in [6, 6.07) is 14.4. The van der Waals surface area contributed by atoms with Crippen LogP contribution in [0, 0.1) is 18.3 Å². The van der Waals surface area contributed by atoms with Crippen molar-refractivity contribution in [1.29, 1.82) is 5.26 Å². The lowest BCUT2D eigenvalue weighted by Crippen LogP contribution is -2.51. The van der Waals surface area contributed by atoms with E-state index < -0.39 is 35.8 Å². The molecule has 3 aromatic rings. The first kappa shape index (κ1) is 31.0. The van der Waals surface area contributed by atoms with Gasteiger partial charge < -0.3 is 14.8 Å². The van der Waals surface area contributed by atoms with Crippen molar-refractivity contribution in [3.05, 3.63) is 100 Å². The van der Waals surface area contributed by atoms with Crippen LogP contribution in [-0.4, -0.2) is 28.5 Å². The van der Waals surface area contributed by atoms with Crippen LogP contribution in [0.1, 0.15) is 35.2 Å². The number of carbonyl (C=O) groups excluding carboxylic acids is 1. The van der Waals surface area contributed by atoms with Crippen molar-refractivity contribution >= 4 is 11.8 Å². The second kappa shape index (κ2) is 12.1.